The van der Waals surface area contributed by atoms with Gasteiger partial charge in [-0.3, -0.25) is 19.2 Å². The molecule has 1 atom stereocenters. The molecule has 0 spiro atoms. The predicted molar refractivity (Wildman–Crippen MR) is 235 cm³/mol. The van der Waals surface area contributed by atoms with Crippen LogP contribution in [0.1, 0.15) is 164 Å². The summed E-state index contributed by atoms with van der Waals surface area (Å²) in [6.07, 6.45) is 16.9. The van der Waals surface area contributed by atoms with E-state index in [0.29, 0.717) is 59.0 Å². The van der Waals surface area contributed by atoms with Gasteiger partial charge in [-0.1, -0.05) is 82.2 Å². The molecule has 61 heavy (non-hydrogen) atoms. The summed E-state index contributed by atoms with van der Waals surface area (Å²) in [4.78, 5) is 64.4. The molecule has 0 aromatic rings. The van der Waals surface area contributed by atoms with Crippen molar-refractivity contribution >= 4 is 29.7 Å². The van der Waals surface area contributed by atoms with E-state index in [1.54, 1.807) is 20.8 Å². The molecular formula is C44H82N6O11. The average molecular weight is 871 g/mol. The van der Waals surface area contributed by atoms with Crippen LogP contribution in [0.15, 0.2) is 5.11 Å². The summed E-state index contributed by atoms with van der Waals surface area (Å²) in [6, 6.07) is -0.918. The number of rotatable bonds is 40. The molecule has 354 valence electrons. The Balaban J connectivity index is 3.97. The van der Waals surface area contributed by atoms with E-state index in [-0.39, 0.29) is 69.3 Å². The topological polar surface area (TPSA) is 226 Å². The number of azide groups is 1. The minimum absolute atomic E-state index is 0.0351. The average Bonchev–Trinajstić information content (AvgIpc) is 3.17. The van der Waals surface area contributed by atoms with Gasteiger partial charge in [-0.15, -0.1) is 0 Å². The number of nitrogens with zero attached hydrogens (tertiary/aromatic N) is 3. The van der Waals surface area contributed by atoms with Gasteiger partial charge < -0.3 is 44.4 Å². The van der Waals surface area contributed by atoms with Gasteiger partial charge in [-0.2, -0.15) is 0 Å². The molecule has 17 nitrogen and oxygen atoms in total. The summed E-state index contributed by atoms with van der Waals surface area (Å²) in [5.74, 6) is -1.30. The van der Waals surface area contributed by atoms with Crippen LogP contribution in [0.2, 0.25) is 0 Å². The Hall–Kier alpha value is -3.50. The Bertz CT molecular complexity index is 1220. The Labute approximate surface area is 366 Å². The van der Waals surface area contributed by atoms with Gasteiger partial charge in [0.05, 0.1) is 52.9 Å². The van der Waals surface area contributed by atoms with Crippen LogP contribution < -0.4 is 16.0 Å². The van der Waals surface area contributed by atoms with Gasteiger partial charge in [0.15, 0.2) is 0 Å². The van der Waals surface area contributed by atoms with Crippen LogP contribution in [0.5, 0.6) is 0 Å². The number of esters is 2. The van der Waals surface area contributed by atoms with Crippen molar-refractivity contribution in [2.24, 2.45) is 5.11 Å². The third-order valence-corrected chi connectivity index (χ3v) is 8.89. The van der Waals surface area contributed by atoms with Crippen molar-refractivity contribution < 1.29 is 52.4 Å². The molecule has 0 fully saturated rings. The largest absolute Gasteiger partial charge is 0.460 e. The molecule has 0 saturated heterocycles. The number of nitrogens with one attached hydrogen (secondary N) is 3. The number of carbonyl (C=O) groups is 5. The molecule has 17 heteroatoms. The third kappa shape index (κ3) is 43.0. The van der Waals surface area contributed by atoms with Gasteiger partial charge in [0, 0.05) is 50.2 Å². The monoisotopic (exact) mass is 871 g/mol. The molecule has 0 unspecified atom stereocenters. The summed E-state index contributed by atoms with van der Waals surface area (Å²) >= 11 is 0. The van der Waals surface area contributed by atoms with Gasteiger partial charge in [-0.25, -0.2) is 4.79 Å². The molecule has 0 radical (unpaired) electrons. The maximum Gasteiger partial charge on any atom is 0.329 e. The minimum atomic E-state index is -0.918. The van der Waals surface area contributed by atoms with Crippen molar-refractivity contribution in [3.63, 3.8) is 0 Å². The van der Waals surface area contributed by atoms with Crippen LogP contribution in [0, 0.1) is 0 Å². The first kappa shape index (κ1) is 57.5. The Morgan fingerprint density at radius 3 is 1.41 bits per heavy atom. The molecule has 0 aromatic heterocycles. The van der Waals surface area contributed by atoms with Crippen molar-refractivity contribution in [1.82, 2.24) is 16.0 Å². The lowest BCUT2D eigenvalue weighted by atomic mass is 10.0. The number of hydrogen-bond donors (Lipinski definition) is 3. The Morgan fingerprint density at radius 1 is 0.508 bits per heavy atom. The number of carbonyl (C=O) groups excluding carboxylic acids is 5. The lowest BCUT2D eigenvalue weighted by Gasteiger charge is -2.24. The molecule has 0 aliphatic carbocycles. The van der Waals surface area contributed by atoms with Crippen molar-refractivity contribution in [2.75, 3.05) is 72.5 Å². The predicted octanol–water partition coefficient (Wildman–Crippen LogP) is 7.18. The second kappa shape index (κ2) is 38.2. The maximum atomic E-state index is 12.9. The zero-order valence-electron chi connectivity index (χ0n) is 38.6. The zero-order valence-corrected chi connectivity index (χ0v) is 38.6. The lowest BCUT2D eigenvalue weighted by molar-refractivity contribution is -0.159. The van der Waals surface area contributed by atoms with Crippen molar-refractivity contribution in [3.8, 4) is 0 Å². The number of amides is 3. The van der Waals surface area contributed by atoms with E-state index in [9.17, 15) is 24.0 Å². The first-order valence-corrected chi connectivity index (χ1v) is 22.7. The molecule has 3 N–H and O–H groups in total. The van der Waals surface area contributed by atoms with Gasteiger partial charge in [0.2, 0.25) is 17.7 Å². The Kier molecular flexibility index (Phi) is 36.0. The first-order valence-electron chi connectivity index (χ1n) is 22.7. The standard InChI is InChI=1S/C44H82N6O11/c1-43(2,3)60-41(54)22-20-18-16-14-12-10-8-7-9-11-13-15-17-19-21-40(53)49-37(42(55)61-44(4,5)6)23-24-38(51)46-26-30-57-34-33-56-29-25-39(52)47-27-31-58-35-36-59-32-28-48-50-45/h37H,7-36H2,1-6H3,(H,46,51)(H,47,52)(H,49,53)/t37-/m1/s1. The maximum absolute atomic E-state index is 12.9. The molecule has 0 aliphatic rings. The lowest BCUT2D eigenvalue weighted by Crippen LogP contribution is -2.44. The van der Waals surface area contributed by atoms with Crippen LogP contribution in [0.4, 0.5) is 0 Å². The SMILES string of the molecule is CC(C)(C)OC(=O)CCCCCCCCCCCCCCCCC(=O)N[C@H](CCC(=O)NCCOCCOCCC(=O)NCCOCCOCCN=[N+]=[N-])C(=O)OC(C)(C)C. The molecule has 3 amide bonds. The van der Waals surface area contributed by atoms with Crippen molar-refractivity contribution in [1.29, 1.82) is 0 Å². The van der Waals surface area contributed by atoms with Crippen LogP contribution in [0.25, 0.3) is 10.4 Å². The van der Waals surface area contributed by atoms with E-state index in [2.05, 4.69) is 26.0 Å². The normalized spacial score (nSPS) is 12.0. The van der Waals surface area contributed by atoms with E-state index in [1.807, 2.05) is 20.8 Å². The highest BCUT2D eigenvalue weighted by Crippen LogP contribution is 2.16. The highest BCUT2D eigenvalue weighted by molar-refractivity contribution is 5.85. The molecule has 0 aromatic carbocycles. The van der Waals surface area contributed by atoms with Crippen LogP contribution in [-0.2, 0) is 52.4 Å². The van der Waals surface area contributed by atoms with Crippen LogP contribution in [0.3, 0.4) is 0 Å². The fourth-order valence-electron chi connectivity index (χ4n) is 5.89. The Morgan fingerprint density at radius 2 is 0.934 bits per heavy atom. The number of ether oxygens (including phenoxy) is 6. The van der Waals surface area contributed by atoms with Gasteiger partial charge in [0.1, 0.15) is 17.2 Å². The summed E-state index contributed by atoms with van der Waals surface area (Å²) in [5, 5.41) is 11.7. The fourth-order valence-corrected chi connectivity index (χ4v) is 5.89. The van der Waals surface area contributed by atoms with Gasteiger partial charge in [0.25, 0.3) is 0 Å². The molecule has 0 aliphatic heterocycles. The van der Waals surface area contributed by atoms with Gasteiger partial charge in [-0.05, 0) is 66.3 Å². The first-order chi connectivity index (χ1) is 29.1. The molecule has 0 saturated carbocycles. The molecule has 0 rings (SSSR count). The van der Waals surface area contributed by atoms with E-state index in [1.165, 1.54) is 51.4 Å². The summed E-state index contributed by atoms with van der Waals surface area (Å²) < 4.78 is 32.4. The highest BCUT2D eigenvalue weighted by Gasteiger charge is 2.27. The smallest absolute Gasteiger partial charge is 0.329 e. The van der Waals surface area contributed by atoms with E-state index < -0.39 is 23.2 Å². The van der Waals surface area contributed by atoms with E-state index >= 15 is 0 Å². The van der Waals surface area contributed by atoms with Crippen LogP contribution >= 0.6 is 0 Å². The molecule has 0 bridgehead atoms. The molecular weight excluding hydrogens is 789 g/mol. The minimum Gasteiger partial charge on any atom is -0.460 e. The quantitative estimate of drug-likeness (QED) is 0.0184. The zero-order chi connectivity index (χ0) is 45.5. The van der Waals surface area contributed by atoms with Crippen molar-refractivity contribution in [3.05, 3.63) is 10.4 Å². The number of hydrogen-bond acceptors (Lipinski definition) is 12. The molecule has 0 heterocycles. The van der Waals surface area contributed by atoms with Gasteiger partial charge >= 0.3 is 11.9 Å². The van der Waals surface area contributed by atoms with Crippen molar-refractivity contribution in [2.45, 2.75) is 181 Å². The summed E-state index contributed by atoms with van der Waals surface area (Å²) in [6.45, 7) is 14.4. The number of unbranched alkanes of at least 4 members (excludes halogenated alkanes) is 13. The second-order valence-corrected chi connectivity index (χ2v) is 17.1. The second-order valence-electron chi connectivity index (χ2n) is 17.1. The summed E-state index contributed by atoms with van der Waals surface area (Å²) in [5.41, 5.74) is 7.05. The third-order valence-electron chi connectivity index (χ3n) is 8.89. The van der Waals surface area contributed by atoms with E-state index in [0.717, 1.165) is 38.5 Å². The van der Waals surface area contributed by atoms with E-state index in [4.69, 9.17) is 34.0 Å². The summed E-state index contributed by atoms with van der Waals surface area (Å²) in [7, 11) is 0. The van der Waals surface area contributed by atoms with Crippen LogP contribution in [-0.4, -0.2) is 119 Å². The highest BCUT2D eigenvalue weighted by atomic mass is 16.6. The fraction of sp³-hybridized carbons (Fsp3) is 0.886.